The summed E-state index contributed by atoms with van der Waals surface area (Å²) in [5.74, 6) is 0.780. The van der Waals surface area contributed by atoms with Crippen LogP contribution in [0.4, 0.5) is 0 Å². The third-order valence-electron chi connectivity index (χ3n) is 2.46. The number of carbonyl (C=O) groups is 1. The van der Waals surface area contributed by atoms with Gasteiger partial charge in [0, 0.05) is 0 Å². The van der Waals surface area contributed by atoms with Gasteiger partial charge in [0.1, 0.15) is 5.25 Å². The molecule has 0 aromatic carbocycles. The van der Waals surface area contributed by atoms with Crippen molar-refractivity contribution >= 4 is 29.1 Å². The summed E-state index contributed by atoms with van der Waals surface area (Å²) in [5.41, 5.74) is 0. The van der Waals surface area contributed by atoms with Crippen LogP contribution in [0.2, 0.25) is 0 Å². The van der Waals surface area contributed by atoms with Crippen molar-refractivity contribution in [1.82, 2.24) is 10.2 Å². The summed E-state index contributed by atoms with van der Waals surface area (Å²) >= 11 is 2.97. The maximum atomic E-state index is 11.4. The van der Waals surface area contributed by atoms with Crippen LogP contribution in [-0.4, -0.2) is 28.5 Å². The highest BCUT2D eigenvalue weighted by atomic mass is 32.2. The Morgan fingerprint density at radius 1 is 1.47 bits per heavy atom. The van der Waals surface area contributed by atoms with Gasteiger partial charge in [-0.1, -0.05) is 6.07 Å². The number of methoxy groups -OCH3 is 1. The first-order valence-electron chi connectivity index (χ1n) is 5.72. The molecule has 0 aliphatic heterocycles. The molecule has 7 heteroatoms. The Kier molecular flexibility index (Phi) is 4.60. The molecule has 19 heavy (non-hydrogen) atoms. The molecule has 102 valence electrons. The Morgan fingerprint density at radius 2 is 2.26 bits per heavy atom. The van der Waals surface area contributed by atoms with Crippen molar-refractivity contribution in [1.29, 1.82) is 0 Å². The van der Waals surface area contributed by atoms with Crippen LogP contribution in [0.15, 0.2) is 21.9 Å². The SMILES string of the molecule is COC(=O)[C@@H](C)S[C@@H](C)c1nnc(-c2cccs2)o1. The molecule has 2 atom stereocenters. The minimum absolute atomic E-state index is 0.0599. The minimum atomic E-state index is -0.267. The monoisotopic (exact) mass is 298 g/mol. The number of esters is 1. The molecule has 2 rings (SSSR count). The molecule has 2 heterocycles. The number of hydrogen-bond acceptors (Lipinski definition) is 7. The predicted molar refractivity (Wildman–Crippen MR) is 75.1 cm³/mol. The van der Waals surface area contributed by atoms with E-state index in [0.717, 1.165) is 4.88 Å². The summed E-state index contributed by atoms with van der Waals surface area (Å²) < 4.78 is 10.3. The van der Waals surface area contributed by atoms with Gasteiger partial charge in [-0.15, -0.1) is 33.3 Å². The van der Waals surface area contributed by atoms with Crippen molar-refractivity contribution in [2.75, 3.05) is 7.11 Å². The van der Waals surface area contributed by atoms with Crippen LogP contribution in [-0.2, 0) is 9.53 Å². The Hall–Kier alpha value is -1.34. The lowest BCUT2D eigenvalue weighted by molar-refractivity contribution is -0.139. The summed E-state index contributed by atoms with van der Waals surface area (Å²) in [6.45, 7) is 3.72. The Bertz CT molecular complexity index is 539. The Balaban J connectivity index is 2.04. The Labute approximate surface area is 119 Å². The van der Waals surface area contributed by atoms with E-state index in [-0.39, 0.29) is 16.5 Å². The lowest BCUT2D eigenvalue weighted by atomic mass is 10.5. The molecule has 0 bridgehead atoms. The second-order valence-corrected chi connectivity index (χ2v) is 6.50. The van der Waals surface area contributed by atoms with E-state index in [1.165, 1.54) is 18.9 Å². The number of aromatic nitrogens is 2. The van der Waals surface area contributed by atoms with E-state index in [1.54, 1.807) is 18.3 Å². The number of thioether (sulfide) groups is 1. The van der Waals surface area contributed by atoms with Gasteiger partial charge >= 0.3 is 5.97 Å². The van der Waals surface area contributed by atoms with Gasteiger partial charge in [0.2, 0.25) is 5.89 Å². The van der Waals surface area contributed by atoms with E-state index >= 15 is 0 Å². The summed E-state index contributed by atoms with van der Waals surface area (Å²) in [7, 11) is 1.38. The van der Waals surface area contributed by atoms with Gasteiger partial charge in [-0.3, -0.25) is 4.79 Å². The molecule has 0 unspecified atom stereocenters. The maximum Gasteiger partial charge on any atom is 0.318 e. The van der Waals surface area contributed by atoms with E-state index in [9.17, 15) is 4.79 Å². The van der Waals surface area contributed by atoms with Crippen molar-refractivity contribution in [2.45, 2.75) is 24.3 Å². The first kappa shape index (κ1) is 14.1. The van der Waals surface area contributed by atoms with E-state index in [4.69, 9.17) is 4.42 Å². The third-order valence-corrected chi connectivity index (χ3v) is 4.53. The first-order valence-corrected chi connectivity index (χ1v) is 7.54. The molecule has 0 saturated heterocycles. The van der Waals surface area contributed by atoms with Crippen LogP contribution >= 0.6 is 23.1 Å². The molecule has 0 spiro atoms. The average molecular weight is 298 g/mol. The van der Waals surface area contributed by atoms with Crippen molar-refractivity contribution in [3.8, 4) is 10.8 Å². The fraction of sp³-hybridized carbons (Fsp3) is 0.417. The normalized spacial score (nSPS) is 14.1. The van der Waals surface area contributed by atoms with Gasteiger partial charge < -0.3 is 9.15 Å². The summed E-state index contributed by atoms with van der Waals surface area (Å²) in [4.78, 5) is 12.3. The molecule has 0 saturated carbocycles. The van der Waals surface area contributed by atoms with Crippen molar-refractivity contribution in [3.05, 3.63) is 23.4 Å². The zero-order chi connectivity index (χ0) is 13.8. The fourth-order valence-corrected chi connectivity index (χ4v) is 3.16. The zero-order valence-electron chi connectivity index (χ0n) is 10.8. The molecule has 2 aromatic rings. The second kappa shape index (κ2) is 6.21. The van der Waals surface area contributed by atoms with Crippen LogP contribution < -0.4 is 0 Å². The summed E-state index contributed by atoms with van der Waals surface area (Å²) in [6, 6.07) is 3.86. The summed E-state index contributed by atoms with van der Waals surface area (Å²) in [5, 5.41) is 9.67. The first-order chi connectivity index (χ1) is 9.11. The van der Waals surface area contributed by atoms with E-state index < -0.39 is 0 Å². The maximum absolute atomic E-state index is 11.4. The number of thiophene rings is 1. The number of ether oxygens (including phenoxy) is 1. The van der Waals surface area contributed by atoms with E-state index in [2.05, 4.69) is 14.9 Å². The topological polar surface area (TPSA) is 65.2 Å². The smallest absolute Gasteiger partial charge is 0.318 e. The number of hydrogen-bond donors (Lipinski definition) is 0. The van der Waals surface area contributed by atoms with Crippen LogP contribution in [0.3, 0.4) is 0 Å². The zero-order valence-corrected chi connectivity index (χ0v) is 12.5. The van der Waals surface area contributed by atoms with Gasteiger partial charge in [-0.2, -0.15) is 0 Å². The van der Waals surface area contributed by atoms with Crippen LogP contribution in [0.5, 0.6) is 0 Å². The number of rotatable bonds is 5. The lowest BCUT2D eigenvalue weighted by Crippen LogP contribution is -2.15. The van der Waals surface area contributed by atoms with Gasteiger partial charge in [0.05, 0.1) is 17.2 Å². The van der Waals surface area contributed by atoms with E-state index in [0.29, 0.717) is 11.8 Å². The lowest BCUT2D eigenvalue weighted by Gasteiger charge is -2.11. The highest BCUT2D eigenvalue weighted by molar-refractivity contribution is 8.00. The van der Waals surface area contributed by atoms with Gasteiger partial charge in [0.15, 0.2) is 0 Å². The standard InChI is InChI=1S/C12H14N2O3S2/c1-7(19-8(2)12(15)16-3)10-13-14-11(17-10)9-5-4-6-18-9/h4-8H,1-3H3/t7-,8+/m0/s1. The third kappa shape index (κ3) is 3.36. The molecule has 2 aromatic heterocycles. The molecular weight excluding hydrogens is 284 g/mol. The molecule has 0 aliphatic rings. The van der Waals surface area contributed by atoms with Gasteiger partial charge in [-0.05, 0) is 25.3 Å². The molecule has 0 fully saturated rings. The van der Waals surface area contributed by atoms with Crippen molar-refractivity contribution in [2.24, 2.45) is 0 Å². The van der Waals surface area contributed by atoms with Crippen LogP contribution in [0.1, 0.15) is 25.0 Å². The average Bonchev–Trinajstić information content (AvgIpc) is 3.07. The van der Waals surface area contributed by atoms with Gasteiger partial charge in [-0.25, -0.2) is 0 Å². The molecule has 5 nitrogen and oxygen atoms in total. The Morgan fingerprint density at radius 3 is 2.89 bits per heavy atom. The molecule has 0 aliphatic carbocycles. The highest BCUT2D eigenvalue weighted by Gasteiger charge is 2.22. The second-order valence-electron chi connectivity index (χ2n) is 3.87. The van der Waals surface area contributed by atoms with E-state index in [1.807, 2.05) is 24.4 Å². The highest BCUT2D eigenvalue weighted by Crippen LogP contribution is 2.33. The predicted octanol–water partition coefficient (Wildman–Crippen LogP) is 3.15. The largest absolute Gasteiger partial charge is 0.468 e. The molecule has 0 radical (unpaired) electrons. The number of nitrogens with zero attached hydrogens (tertiary/aromatic N) is 2. The summed E-state index contributed by atoms with van der Waals surface area (Å²) in [6.07, 6.45) is 0. The fourth-order valence-electron chi connectivity index (χ4n) is 1.48. The van der Waals surface area contributed by atoms with Crippen molar-refractivity contribution < 1.29 is 13.9 Å². The molecule has 0 amide bonds. The molecule has 0 N–H and O–H groups in total. The van der Waals surface area contributed by atoms with Crippen LogP contribution in [0.25, 0.3) is 10.8 Å². The number of carbonyl (C=O) groups excluding carboxylic acids is 1. The minimum Gasteiger partial charge on any atom is -0.468 e. The molecular formula is C12H14N2O3S2. The van der Waals surface area contributed by atoms with Crippen LogP contribution in [0, 0.1) is 0 Å². The quantitative estimate of drug-likeness (QED) is 0.790. The van der Waals surface area contributed by atoms with Gasteiger partial charge in [0.25, 0.3) is 5.89 Å². The van der Waals surface area contributed by atoms with Crippen molar-refractivity contribution in [3.63, 3.8) is 0 Å².